The highest BCUT2D eigenvalue weighted by Gasteiger charge is 2.51. The Hall–Kier alpha value is -4.30. The molecule has 2 aliphatic rings. The first-order valence-electron chi connectivity index (χ1n) is 22.8. The number of benzene rings is 8. The van der Waals surface area contributed by atoms with Gasteiger partial charge in [-0.2, -0.15) is 0 Å². The zero-order chi connectivity index (χ0) is 48.8. The molecule has 0 aromatic heterocycles. The molecule has 352 valence electrons. The normalized spacial score (nSPS) is 14.2. The van der Waals surface area contributed by atoms with Crippen molar-refractivity contribution in [3.63, 3.8) is 0 Å². The number of ether oxygens (including phenoxy) is 1. The Bertz CT molecular complexity index is 2650. The third-order valence-electron chi connectivity index (χ3n) is 11.7. The molecule has 2 aliphatic heterocycles. The van der Waals surface area contributed by atoms with Crippen molar-refractivity contribution in [1.82, 2.24) is 0 Å². The molecule has 0 unspecified atom stereocenters. The highest BCUT2D eigenvalue weighted by Crippen LogP contribution is 2.39. The summed E-state index contributed by atoms with van der Waals surface area (Å²) in [5.74, 6) is 0. The van der Waals surface area contributed by atoms with Crippen molar-refractivity contribution in [1.29, 1.82) is 0 Å². The second-order valence-electron chi connectivity index (χ2n) is 17.3. The second-order valence-corrected chi connectivity index (χ2v) is 21.9. The van der Waals surface area contributed by atoms with E-state index in [4.69, 9.17) is 14.0 Å². The number of hydrogen-bond acceptors (Lipinski definition) is 5. The number of nitrogens with zero attached hydrogens (tertiary/aromatic N) is 2. The molecule has 10 rings (SSSR count). The van der Waals surface area contributed by atoms with Crippen LogP contribution in [-0.4, -0.2) is 31.5 Å². The Kier molecular flexibility index (Phi) is 19.2. The van der Waals surface area contributed by atoms with Gasteiger partial charge in [0.15, 0.2) is 0 Å². The van der Waals surface area contributed by atoms with Crippen molar-refractivity contribution in [3.05, 3.63) is 229 Å². The third kappa shape index (κ3) is 14.9. The maximum atomic E-state index is 6.18. The lowest BCUT2D eigenvalue weighted by atomic mass is 9.79. The lowest BCUT2D eigenvalue weighted by Gasteiger charge is -2.32. The molecule has 5 nitrogen and oxygen atoms in total. The third-order valence-corrected chi connectivity index (χ3v) is 14.0. The van der Waals surface area contributed by atoms with Gasteiger partial charge in [-0.25, -0.2) is 0 Å². The Morgan fingerprint density at radius 2 is 0.652 bits per heavy atom. The minimum atomic E-state index is -0.346. The standard InChI is InChI=1S/C24H26BNO2.C24H17Br2N.C6H3Br3.C4H8O/c1-23(2)24(3,4)28-25(27-23)19-15-17-22(18-16-19)26(20-11-7-5-8-12-20)21-13-9-6-10-14-21;25-20-15-19(16-21(26)17-20)18-11-13-24(14-12-18)27(22-7-3-1-4-8-22)23-9-5-2-6-10-23;7-4-1-5(8)3-6(9)2-4;1-2-4-5-3-1/h5-18H,1-4H3;1-17H;1-3H;1-4H2. The van der Waals surface area contributed by atoms with Crippen LogP contribution in [0.15, 0.2) is 229 Å². The summed E-state index contributed by atoms with van der Waals surface area (Å²) in [6.07, 6.45) is 2.56. The topological polar surface area (TPSA) is 34.2 Å². The van der Waals surface area contributed by atoms with Crippen LogP contribution < -0.4 is 15.3 Å². The van der Waals surface area contributed by atoms with E-state index in [0.29, 0.717) is 0 Å². The number of halogens is 5. The van der Waals surface area contributed by atoms with Crippen LogP contribution in [0.2, 0.25) is 0 Å². The summed E-state index contributed by atoms with van der Waals surface area (Å²) in [6.45, 7) is 10.3. The van der Waals surface area contributed by atoms with E-state index in [1.165, 1.54) is 24.0 Å². The van der Waals surface area contributed by atoms with E-state index in [9.17, 15) is 0 Å². The van der Waals surface area contributed by atoms with Crippen molar-refractivity contribution in [2.45, 2.75) is 51.7 Å². The largest absolute Gasteiger partial charge is 0.494 e. The maximum absolute atomic E-state index is 6.18. The summed E-state index contributed by atoms with van der Waals surface area (Å²) < 4.78 is 22.7. The van der Waals surface area contributed by atoms with Crippen molar-refractivity contribution >= 4 is 126 Å². The molecule has 0 aliphatic carbocycles. The number of hydrogen-bond donors (Lipinski definition) is 0. The van der Waals surface area contributed by atoms with E-state index in [1.54, 1.807) is 0 Å². The van der Waals surface area contributed by atoms with Crippen LogP contribution >= 0.6 is 79.6 Å². The Morgan fingerprint density at radius 3 is 0.957 bits per heavy atom. The molecule has 2 heterocycles. The molecule has 0 radical (unpaired) electrons. The Morgan fingerprint density at radius 1 is 0.362 bits per heavy atom. The van der Waals surface area contributed by atoms with Gasteiger partial charge in [0, 0.05) is 69.7 Å². The van der Waals surface area contributed by atoms with Crippen molar-refractivity contribution < 1.29 is 14.0 Å². The van der Waals surface area contributed by atoms with Crippen molar-refractivity contribution in [2.75, 3.05) is 23.0 Å². The van der Waals surface area contributed by atoms with Crippen LogP contribution in [0, 0.1) is 0 Å². The summed E-state index contributed by atoms with van der Waals surface area (Å²) in [7, 11) is -0.346. The maximum Gasteiger partial charge on any atom is 0.494 e. The van der Waals surface area contributed by atoms with E-state index in [-0.39, 0.29) is 18.3 Å². The number of anilines is 6. The number of rotatable bonds is 8. The molecule has 8 aromatic carbocycles. The van der Waals surface area contributed by atoms with Crippen LogP contribution in [0.5, 0.6) is 0 Å². The van der Waals surface area contributed by atoms with Crippen LogP contribution in [-0.2, 0) is 14.0 Å². The van der Waals surface area contributed by atoms with Gasteiger partial charge in [-0.05, 0) is 166 Å². The van der Waals surface area contributed by atoms with Crippen LogP contribution in [0.1, 0.15) is 40.5 Å². The first kappa shape index (κ1) is 52.5. The fourth-order valence-electron chi connectivity index (χ4n) is 7.52. The van der Waals surface area contributed by atoms with E-state index in [1.807, 2.05) is 48.5 Å². The Labute approximate surface area is 451 Å². The van der Waals surface area contributed by atoms with Crippen LogP contribution in [0.4, 0.5) is 34.1 Å². The zero-order valence-corrected chi connectivity index (χ0v) is 47.0. The van der Waals surface area contributed by atoms with Gasteiger partial charge in [-0.15, -0.1) is 0 Å². The molecule has 0 N–H and O–H groups in total. The minimum Gasteiger partial charge on any atom is -0.399 e. The molecular weight excluding hydrogens is 1180 g/mol. The van der Waals surface area contributed by atoms with Gasteiger partial charge in [0.2, 0.25) is 0 Å². The highest BCUT2D eigenvalue weighted by atomic mass is 79.9. The summed E-state index contributed by atoms with van der Waals surface area (Å²) in [6, 6.07) is 71.1. The molecule has 0 amide bonds. The van der Waals surface area contributed by atoms with Gasteiger partial charge in [-0.1, -0.05) is 177 Å². The summed E-state index contributed by atoms with van der Waals surface area (Å²) in [5.41, 5.74) is 9.46. The molecule has 2 fully saturated rings. The minimum absolute atomic E-state index is 0.337. The van der Waals surface area contributed by atoms with E-state index in [0.717, 1.165) is 75.2 Å². The van der Waals surface area contributed by atoms with Crippen molar-refractivity contribution in [2.24, 2.45) is 0 Å². The molecule has 0 spiro atoms. The lowest BCUT2D eigenvalue weighted by molar-refractivity contribution is 0.00578. The quantitative estimate of drug-likeness (QED) is 0.142. The molecule has 0 atom stereocenters. The zero-order valence-electron chi connectivity index (χ0n) is 39.0. The fourth-order valence-corrected chi connectivity index (χ4v) is 11.2. The highest BCUT2D eigenvalue weighted by molar-refractivity contribution is 9.11. The molecule has 8 aromatic rings. The van der Waals surface area contributed by atoms with Gasteiger partial charge in [-0.3, -0.25) is 0 Å². The first-order chi connectivity index (χ1) is 33.3. The Balaban J connectivity index is 0.000000159. The van der Waals surface area contributed by atoms with Gasteiger partial charge in [0.05, 0.1) is 11.2 Å². The summed E-state index contributed by atoms with van der Waals surface area (Å²) >= 11 is 17.2. The van der Waals surface area contributed by atoms with Gasteiger partial charge in [0.25, 0.3) is 0 Å². The molecule has 11 heteroatoms. The molecule has 69 heavy (non-hydrogen) atoms. The molecule has 0 saturated carbocycles. The fraction of sp³-hybridized carbons (Fsp3) is 0.172. The molecular formula is C58H54BBr5N2O3. The first-order valence-corrected chi connectivity index (χ1v) is 26.7. The molecule has 2 saturated heterocycles. The molecule has 0 bridgehead atoms. The lowest BCUT2D eigenvalue weighted by Crippen LogP contribution is -2.41. The smallest absolute Gasteiger partial charge is 0.399 e. The monoisotopic (exact) mass is 1230 g/mol. The average molecular weight is 1240 g/mol. The van der Waals surface area contributed by atoms with Crippen molar-refractivity contribution in [3.8, 4) is 11.1 Å². The van der Waals surface area contributed by atoms with Gasteiger partial charge in [0.1, 0.15) is 0 Å². The van der Waals surface area contributed by atoms with E-state index >= 15 is 0 Å². The van der Waals surface area contributed by atoms with E-state index < -0.39 is 0 Å². The van der Waals surface area contributed by atoms with Crippen LogP contribution in [0.25, 0.3) is 11.1 Å². The SMILES string of the molecule is Brc1cc(Br)cc(-c2ccc(N(c3ccccc3)c3ccccc3)cc2)c1.Brc1cc(Br)cc(Br)c1.C1CCOC1.CC1(C)OB(c2ccc(N(c3ccccc3)c3ccccc3)cc2)OC1(C)C. The van der Waals surface area contributed by atoms with Crippen LogP contribution in [0.3, 0.4) is 0 Å². The summed E-state index contributed by atoms with van der Waals surface area (Å²) in [4.78, 5) is 4.51. The van der Waals surface area contributed by atoms with Gasteiger partial charge >= 0.3 is 7.12 Å². The predicted molar refractivity (Wildman–Crippen MR) is 308 cm³/mol. The summed E-state index contributed by atoms with van der Waals surface area (Å²) in [5, 5.41) is 0. The predicted octanol–water partition coefficient (Wildman–Crippen LogP) is 18.6. The van der Waals surface area contributed by atoms with E-state index in [2.05, 4.69) is 275 Å². The van der Waals surface area contributed by atoms with Gasteiger partial charge < -0.3 is 23.8 Å². The average Bonchev–Trinajstić information content (AvgIpc) is 4.00. The second kappa shape index (κ2) is 25.2. The number of para-hydroxylation sites is 4.